The fourth-order valence-electron chi connectivity index (χ4n) is 2.76. The van der Waals surface area contributed by atoms with Gasteiger partial charge in [0.05, 0.1) is 23.9 Å². The van der Waals surface area contributed by atoms with E-state index in [-0.39, 0.29) is 16.8 Å². The lowest BCUT2D eigenvalue weighted by molar-refractivity contribution is 0.254. The summed E-state index contributed by atoms with van der Waals surface area (Å²) in [6.07, 6.45) is 6.36. The molecule has 1 aromatic heterocycles. The molecule has 28 heavy (non-hydrogen) atoms. The van der Waals surface area contributed by atoms with Gasteiger partial charge in [-0.05, 0) is 42.8 Å². The predicted molar refractivity (Wildman–Crippen MR) is 112 cm³/mol. The Morgan fingerprint density at radius 3 is 2.57 bits per heavy atom. The fraction of sp³-hybridized carbons (Fsp3) is 0.333. The zero-order valence-corrected chi connectivity index (χ0v) is 17.2. The Kier molecular flexibility index (Phi) is 5.79. The summed E-state index contributed by atoms with van der Waals surface area (Å²) in [5.41, 5.74) is 2.21. The van der Waals surface area contributed by atoms with E-state index in [0.29, 0.717) is 11.5 Å². The molecule has 1 aliphatic rings. The summed E-state index contributed by atoms with van der Waals surface area (Å²) in [7, 11) is 1.62. The lowest BCUT2D eigenvalue weighted by Crippen LogP contribution is -2.29. The second kappa shape index (κ2) is 8.10. The van der Waals surface area contributed by atoms with Crippen LogP contribution in [0.25, 0.3) is 5.69 Å². The number of halogens is 1. The third-order valence-electron chi connectivity index (χ3n) is 4.31. The van der Waals surface area contributed by atoms with Crippen LogP contribution in [0.1, 0.15) is 32.9 Å². The first-order valence-corrected chi connectivity index (χ1v) is 9.55. The number of nitrogens with zero attached hydrogens (tertiary/aromatic N) is 2. The van der Waals surface area contributed by atoms with Crippen LogP contribution in [0.5, 0.6) is 5.75 Å². The van der Waals surface area contributed by atoms with Gasteiger partial charge in [0, 0.05) is 17.2 Å². The second-order valence-electron chi connectivity index (χ2n) is 7.63. The number of aromatic nitrogens is 2. The maximum Gasteiger partial charge on any atom is 0.324 e. The van der Waals surface area contributed by atoms with Gasteiger partial charge in [-0.3, -0.25) is 5.32 Å². The van der Waals surface area contributed by atoms with Gasteiger partial charge >= 0.3 is 6.03 Å². The quantitative estimate of drug-likeness (QED) is 0.727. The van der Waals surface area contributed by atoms with Crippen molar-refractivity contribution < 1.29 is 9.53 Å². The van der Waals surface area contributed by atoms with E-state index in [1.807, 2.05) is 48.6 Å². The number of carbonyl (C=O) groups is 1. The smallest absolute Gasteiger partial charge is 0.324 e. The van der Waals surface area contributed by atoms with Gasteiger partial charge in [-0.1, -0.05) is 26.8 Å². The van der Waals surface area contributed by atoms with Crippen LogP contribution in [-0.2, 0) is 5.41 Å². The summed E-state index contributed by atoms with van der Waals surface area (Å²) in [6, 6.07) is 9.04. The van der Waals surface area contributed by atoms with E-state index in [1.54, 1.807) is 11.8 Å². The van der Waals surface area contributed by atoms with Crippen molar-refractivity contribution in [2.75, 3.05) is 12.4 Å². The second-order valence-corrected chi connectivity index (χ2v) is 8.19. The van der Waals surface area contributed by atoms with Gasteiger partial charge in [0.15, 0.2) is 0 Å². The highest BCUT2D eigenvalue weighted by atomic mass is 35.5. The van der Waals surface area contributed by atoms with Crippen LogP contribution in [-0.4, -0.2) is 28.3 Å². The Bertz CT molecular complexity index is 907. The molecule has 148 valence electrons. The molecule has 0 saturated carbocycles. The molecule has 0 saturated heterocycles. The first-order chi connectivity index (χ1) is 13.3. The number of anilines is 1. The molecule has 6 nitrogen and oxygen atoms in total. The van der Waals surface area contributed by atoms with Gasteiger partial charge in [0.25, 0.3) is 0 Å². The van der Waals surface area contributed by atoms with E-state index in [0.717, 1.165) is 23.6 Å². The topological polar surface area (TPSA) is 68.2 Å². The largest absolute Gasteiger partial charge is 0.497 e. The number of alkyl halides is 1. The van der Waals surface area contributed by atoms with Crippen LogP contribution in [0.4, 0.5) is 10.6 Å². The molecule has 1 unspecified atom stereocenters. The Morgan fingerprint density at radius 1 is 1.25 bits per heavy atom. The third kappa shape index (κ3) is 4.75. The highest BCUT2D eigenvalue weighted by Gasteiger charge is 2.22. The molecule has 0 radical (unpaired) electrons. The first kappa shape index (κ1) is 20.0. The Balaban J connectivity index is 1.87. The molecule has 0 aliphatic heterocycles. The van der Waals surface area contributed by atoms with Crippen molar-refractivity contribution in [3.63, 3.8) is 0 Å². The molecule has 2 amide bonds. The molecule has 2 N–H and O–H groups in total. The van der Waals surface area contributed by atoms with E-state index in [2.05, 4.69) is 31.4 Å². The molecule has 1 atom stereocenters. The average molecular weight is 401 g/mol. The molecule has 2 aromatic rings. The molecular weight excluding hydrogens is 376 g/mol. The van der Waals surface area contributed by atoms with Crippen LogP contribution in [0, 0.1) is 0 Å². The summed E-state index contributed by atoms with van der Waals surface area (Å²) < 4.78 is 6.94. The van der Waals surface area contributed by atoms with Crippen molar-refractivity contribution in [1.29, 1.82) is 0 Å². The van der Waals surface area contributed by atoms with E-state index in [4.69, 9.17) is 21.4 Å². The van der Waals surface area contributed by atoms with Gasteiger partial charge < -0.3 is 10.1 Å². The van der Waals surface area contributed by atoms with E-state index < -0.39 is 0 Å². The van der Waals surface area contributed by atoms with Crippen molar-refractivity contribution in [2.24, 2.45) is 0 Å². The summed E-state index contributed by atoms with van der Waals surface area (Å²) in [5, 5.41) is 10.3. The molecule has 1 aromatic carbocycles. The summed E-state index contributed by atoms with van der Waals surface area (Å²) in [4.78, 5) is 12.5. The van der Waals surface area contributed by atoms with Crippen LogP contribution < -0.4 is 15.4 Å². The van der Waals surface area contributed by atoms with E-state index in [9.17, 15) is 4.79 Å². The number of hydrogen-bond acceptors (Lipinski definition) is 3. The van der Waals surface area contributed by atoms with Gasteiger partial charge in [0.2, 0.25) is 0 Å². The minimum Gasteiger partial charge on any atom is -0.497 e. The zero-order valence-electron chi connectivity index (χ0n) is 16.5. The maximum atomic E-state index is 12.5. The number of rotatable bonds is 4. The van der Waals surface area contributed by atoms with Gasteiger partial charge in [-0.25, -0.2) is 9.48 Å². The van der Waals surface area contributed by atoms with Crippen LogP contribution in [0.2, 0.25) is 0 Å². The number of hydrogen-bond donors (Lipinski definition) is 2. The van der Waals surface area contributed by atoms with Crippen molar-refractivity contribution in [1.82, 2.24) is 15.1 Å². The minimum absolute atomic E-state index is 0.113. The van der Waals surface area contributed by atoms with Crippen LogP contribution >= 0.6 is 11.6 Å². The number of methoxy groups -OCH3 is 1. The van der Waals surface area contributed by atoms with Gasteiger partial charge in [-0.15, -0.1) is 11.6 Å². The Labute approximate surface area is 170 Å². The number of nitrogens with one attached hydrogen (secondary N) is 2. The third-order valence-corrected chi connectivity index (χ3v) is 4.62. The standard InChI is InChI=1S/C21H25ClN4O2/c1-21(2,3)18-13-19(24-20(27)23-15-7-5-6-14(22)12-15)26(25-18)16-8-10-17(28-4)11-9-16/h5,7-14H,6H2,1-4H3,(H2,23,24,27). The normalized spacial score (nSPS) is 16.5. The minimum atomic E-state index is -0.350. The average Bonchev–Trinajstić information content (AvgIpc) is 3.06. The number of amides is 2. The highest BCUT2D eigenvalue weighted by Crippen LogP contribution is 2.27. The van der Waals surface area contributed by atoms with E-state index in [1.165, 1.54) is 0 Å². The number of benzene rings is 1. The molecule has 1 aliphatic carbocycles. The number of urea groups is 1. The fourth-order valence-corrected chi connectivity index (χ4v) is 3.00. The predicted octanol–water partition coefficient (Wildman–Crippen LogP) is 4.75. The van der Waals surface area contributed by atoms with Gasteiger partial charge in [0.1, 0.15) is 11.6 Å². The van der Waals surface area contributed by atoms with Crippen molar-refractivity contribution in [3.05, 3.63) is 60.0 Å². The molecule has 7 heteroatoms. The van der Waals surface area contributed by atoms with Crippen molar-refractivity contribution in [2.45, 2.75) is 38.0 Å². The molecule has 0 fully saturated rings. The molecular formula is C21H25ClN4O2. The first-order valence-electron chi connectivity index (χ1n) is 9.11. The maximum absolute atomic E-state index is 12.5. The van der Waals surface area contributed by atoms with Crippen LogP contribution in [0.15, 0.2) is 54.3 Å². The van der Waals surface area contributed by atoms with Crippen molar-refractivity contribution >= 4 is 23.4 Å². The Hall–Kier alpha value is -2.73. The van der Waals surface area contributed by atoms with Crippen molar-refractivity contribution in [3.8, 4) is 11.4 Å². The lowest BCUT2D eigenvalue weighted by atomic mass is 9.92. The molecule has 3 rings (SSSR count). The number of allylic oxidation sites excluding steroid dienone is 3. The van der Waals surface area contributed by atoms with Crippen LogP contribution in [0.3, 0.4) is 0 Å². The molecule has 0 spiro atoms. The summed E-state index contributed by atoms with van der Waals surface area (Å²) >= 11 is 6.11. The number of ether oxygens (including phenoxy) is 1. The van der Waals surface area contributed by atoms with Gasteiger partial charge in [-0.2, -0.15) is 5.10 Å². The zero-order chi connectivity index (χ0) is 20.3. The lowest BCUT2D eigenvalue weighted by Gasteiger charge is -2.14. The SMILES string of the molecule is COc1ccc(-n2nc(C(C)(C)C)cc2NC(=O)NC2=CC(Cl)CC=C2)cc1. The summed E-state index contributed by atoms with van der Waals surface area (Å²) in [6.45, 7) is 6.24. The summed E-state index contributed by atoms with van der Waals surface area (Å²) in [5.74, 6) is 1.33. The number of carbonyl (C=O) groups excluding carboxylic acids is 1. The van der Waals surface area contributed by atoms with E-state index >= 15 is 0 Å². The molecule has 1 heterocycles. The Morgan fingerprint density at radius 2 is 1.96 bits per heavy atom. The molecule has 0 bridgehead atoms. The highest BCUT2D eigenvalue weighted by molar-refractivity contribution is 6.22. The monoisotopic (exact) mass is 400 g/mol.